The fourth-order valence-corrected chi connectivity index (χ4v) is 2.66. The first-order valence-electron chi connectivity index (χ1n) is 6.35. The highest BCUT2D eigenvalue weighted by Crippen LogP contribution is 2.20. The van der Waals surface area contributed by atoms with Gasteiger partial charge in [0.15, 0.2) is 0 Å². The molecule has 0 fully saturated rings. The molecule has 0 atom stereocenters. The summed E-state index contributed by atoms with van der Waals surface area (Å²) >= 11 is 6.11. The van der Waals surface area contributed by atoms with Crippen molar-refractivity contribution < 1.29 is 0 Å². The van der Waals surface area contributed by atoms with Crippen LogP contribution in [0.1, 0.15) is 22.5 Å². The Bertz CT molecular complexity index is 701. The fraction of sp³-hybridized carbons (Fsp3) is 0.188. The van der Waals surface area contributed by atoms with Gasteiger partial charge in [0.1, 0.15) is 5.65 Å². The van der Waals surface area contributed by atoms with E-state index in [0.717, 1.165) is 23.5 Å². The molecule has 3 rings (SSSR count). The molecule has 0 amide bonds. The molecule has 19 heavy (non-hydrogen) atoms. The first kappa shape index (κ1) is 12.2. The fourth-order valence-electron chi connectivity index (χ4n) is 2.37. The number of hydrogen-bond acceptors (Lipinski definition) is 1. The number of alkyl halides is 1. The number of aromatic nitrogens is 2. The van der Waals surface area contributed by atoms with E-state index < -0.39 is 0 Å². The molecule has 1 aromatic carbocycles. The van der Waals surface area contributed by atoms with Crippen LogP contribution in [0.2, 0.25) is 0 Å². The van der Waals surface area contributed by atoms with Crippen LogP contribution in [-0.4, -0.2) is 9.38 Å². The van der Waals surface area contributed by atoms with E-state index in [1.54, 1.807) is 0 Å². The van der Waals surface area contributed by atoms with Crippen molar-refractivity contribution in [2.24, 2.45) is 0 Å². The number of halogens is 1. The lowest BCUT2D eigenvalue weighted by atomic mass is 10.1. The van der Waals surface area contributed by atoms with Crippen molar-refractivity contribution in [2.45, 2.75) is 19.2 Å². The van der Waals surface area contributed by atoms with Gasteiger partial charge >= 0.3 is 0 Å². The first-order valence-corrected chi connectivity index (χ1v) is 6.88. The molecule has 2 nitrogen and oxygen atoms in total. The van der Waals surface area contributed by atoms with E-state index in [1.165, 1.54) is 11.1 Å². The number of fused-ring (bicyclic) bond motifs is 1. The minimum atomic E-state index is 0.479. The Morgan fingerprint density at radius 2 is 1.89 bits per heavy atom. The summed E-state index contributed by atoms with van der Waals surface area (Å²) in [5.74, 6) is 0.479. The topological polar surface area (TPSA) is 17.3 Å². The van der Waals surface area contributed by atoms with Crippen molar-refractivity contribution >= 4 is 17.2 Å². The monoisotopic (exact) mass is 270 g/mol. The second-order valence-electron chi connectivity index (χ2n) is 4.69. The summed E-state index contributed by atoms with van der Waals surface area (Å²) in [4.78, 5) is 4.76. The predicted molar refractivity (Wildman–Crippen MR) is 78.7 cm³/mol. The van der Waals surface area contributed by atoms with Crippen molar-refractivity contribution in [2.75, 3.05) is 0 Å². The van der Waals surface area contributed by atoms with E-state index in [0.29, 0.717) is 5.88 Å². The number of benzene rings is 1. The Morgan fingerprint density at radius 1 is 1.11 bits per heavy atom. The van der Waals surface area contributed by atoms with Gasteiger partial charge in [-0.3, -0.25) is 0 Å². The van der Waals surface area contributed by atoms with E-state index in [2.05, 4.69) is 41.7 Å². The maximum absolute atomic E-state index is 6.11. The second-order valence-corrected chi connectivity index (χ2v) is 4.95. The molecule has 3 aromatic rings. The van der Waals surface area contributed by atoms with E-state index in [-0.39, 0.29) is 0 Å². The highest BCUT2D eigenvalue weighted by Gasteiger charge is 2.12. The zero-order chi connectivity index (χ0) is 13.2. The third-order valence-electron chi connectivity index (χ3n) is 3.37. The van der Waals surface area contributed by atoms with Crippen LogP contribution in [0, 0.1) is 6.92 Å². The van der Waals surface area contributed by atoms with Crippen molar-refractivity contribution in [1.29, 1.82) is 0 Å². The van der Waals surface area contributed by atoms with Crippen molar-refractivity contribution in [1.82, 2.24) is 9.38 Å². The number of imidazole rings is 1. The third kappa shape index (κ3) is 2.24. The van der Waals surface area contributed by atoms with Gasteiger partial charge < -0.3 is 4.40 Å². The highest BCUT2D eigenvalue weighted by molar-refractivity contribution is 6.17. The van der Waals surface area contributed by atoms with Crippen molar-refractivity contribution in [3.05, 3.63) is 71.2 Å². The Labute approximate surface area is 117 Å². The van der Waals surface area contributed by atoms with Gasteiger partial charge in [-0.25, -0.2) is 4.98 Å². The lowest BCUT2D eigenvalue weighted by Crippen LogP contribution is -1.95. The van der Waals surface area contributed by atoms with Gasteiger partial charge in [0, 0.05) is 12.6 Å². The quantitative estimate of drug-likeness (QED) is 0.658. The average Bonchev–Trinajstić information content (AvgIpc) is 2.79. The summed E-state index contributed by atoms with van der Waals surface area (Å²) in [6.07, 6.45) is 2.85. The van der Waals surface area contributed by atoms with Crippen LogP contribution < -0.4 is 0 Å². The standard InChI is InChI=1S/C16H15ClN2/c1-12-6-5-9-19-15(11-17)14(18-16(12)19)10-13-7-3-2-4-8-13/h2-9H,10-11H2,1H3. The molecule has 2 aromatic heterocycles. The molecule has 0 bridgehead atoms. The van der Waals surface area contributed by atoms with E-state index in [9.17, 15) is 0 Å². The number of nitrogens with zero attached hydrogens (tertiary/aromatic N) is 2. The van der Waals surface area contributed by atoms with Gasteiger partial charge in [0.05, 0.1) is 17.3 Å². The van der Waals surface area contributed by atoms with Crippen LogP contribution in [0.4, 0.5) is 0 Å². The molecule has 0 N–H and O–H groups in total. The van der Waals surface area contributed by atoms with Gasteiger partial charge in [-0.15, -0.1) is 11.6 Å². The molecule has 0 aliphatic carbocycles. The van der Waals surface area contributed by atoms with Crippen molar-refractivity contribution in [3.8, 4) is 0 Å². The van der Waals surface area contributed by atoms with Crippen LogP contribution in [-0.2, 0) is 12.3 Å². The molecule has 0 aliphatic rings. The smallest absolute Gasteiger partial charge is 0.140 e. The summed E-state index contributed by atoms with van der Waals surface area (Å²) < 4.78 is 2.10. The van der Waals surface area contributed by atoms with Crippen LogP contribution >= 0.6 is 11.6 Å². The summed E-state index contributed by atoms with van der Waals surface area (Å²) in [5.41, 5.74) is 5.59. The molecular formula is C16H15ClN2. The molecule has 0 spiro atoms. The maximum Gasteiger partial charge on any atom is 0.140 e. The average molecular weight is 271 g/mol. The Hall–Kier alpha value is -1.80. The third-order valence-corrected chi connectivity index (χ3v) is 3.62. The molecule has 96 valence electrons. The summed E-state index contributed by atoms with van der Waals surface area (Å²) in [7, 11) is 0. The second kappa shape index (κ2) is 5.06. The van der Waals surface area contributed by atoms with Gasteiger partial charge in [-0.1, -0.05) is 36.4 Å². The van der Waals surface area contributed by atoms with Crippen LogP contribution in [0.5, 0.6) is 0 Å². The lowest BCUT2D eigenvalue weighted by molar-refractivity contribution is 1.03. The largest absolute Gasteiger partial charge is 0.302 e. The molecule has 2 heterocycles. The van der Waals surface area contributed by atoms with E-state index in [4.69, 9.17) is 16.6 Å². The summed E-state index contributed by atoms with van der Waals surface area (Å²) in [6.45, 7) is 2.08. The zero-order valence-electron chi connectivity index (χ0n) is 10.8. The van der Waals surface area contributed by atoms with Crippen molar-refractivity contribution in [3.63, 3.8) is 0 Å². The summed E-state index contributed by atoms with van der Waals surface area (Å²) in [6, 6.07) is 14.5. The number of rotatable bonds is 3. The van der Waals surface area contributed by atoms with Crippen LogP contribution in [0.25, 0.3) is 5.65 Å². The Morgan fingerprint density at radius 3 is 2.63 bits per heavy atom. The van der Waals surface area contributed by atoms with Gasteiger partial charge in [-0.05, 0) is 24.1 Å². The van der Waals surface area contributed by atoms with Gasteiger partial charge in [-0.2, -0.15) is 0 Å². The molecule has 0 aliphatic heterocycles. The Kier molecular flexibility index (Phi) is 3.26. The molecule has 0 unspecified atom stereocenters. The minimum absolute atomic E-state index is 0.479. The molecular weight excluding hydrogens is 256 g/mol. The Balaban J connectivity index is 2.11. The number of aryl methyl sites for hydroxylation is 1. The predicted octanol–water partition coefficient (Wildman–Crippen LogP) is 3.97. The first-order chi connectivity index (χ1) is 9.29. The van der Waals surface area contributed by atoms with E-state index in [1.807, 2.05) is 18.3 Å². The lowest BCUT2D eigenvalue weighted by Gasteiger charge is -2.02. The minimum Gasteiger partial charge on any atom is -0.302 e. The normalized spacial score (nSPS) is 11.1. The zero-order valence-corrected chi connectivity index (χ0v) is 11.6. The summed E-state index contributed by atoms with van der Waals surface area (Å²) in [5, 5.41) is 0. The molecule has 0 saturated heterocycles. The molecule has 0 radical (unpaired) electrons. The van der Waals surface area contributed by atoms with Gasteiger partial charge in [0.25, 0.3) is 0 Å². The van der Waals surface area contributed by atoms with E-state index >= 15 is 0 Å². The van der Waals surface area contributed by atoms with Crippen LogP contribution in [0.15, 0.2) is 48.7 Å². The maximum atomic E-state index is 6.11. The SMILES string of the molecule is Cc1cccn2c(CCl)c(Cc3ccccc3)nc12. The number of hydrogen-bond donors (Lipinski definition) is 0. The van der Waals surface area contributed by atoms with Gasteiger partial charge in [0.2, 0.25) is 0 Å². The molecule has 3 heteroatoms. The number of pyridine rings is 1. The highest BCUT2D eigenvalue weighted by atomic mass is 35.5. The van der Waals surface area contributed by atoms with Crippen LogP contribution in [0.3, 0.4) is 0 Å². The molecule has 0 saturated carbocycles.